The maximum absolute atomic E-state index is 12.1. The monoisotopic (exact) mass is 318 g/mol. The molecule has 1 aromatic heterocycles. The van der Waals surface area contributed by atoms with Gasteiger partial charge < -0.3 is 5.32 Å². The molecule has 112 valence electrons. The molecule has 1 heterocycles. The Balaban J connectivity index is 2.24. The Kier molecular flexibility index (Phi) is 4.17. The van der Waals surface area contributed by atoms with E-state index in [-0.39, 0.29) is 5.82 Å². The Labute approximate surface area is 122 Å². The van der Waals surface area contributed by atoms with E-state index >= 15 is 0 Å². The van der Waals surface area contributed by atoms with Gasteiger partial charge in [-0.1, -0.05) is 23.7 Å². The summed E-state index contributed by atoms with van der Waals surface area (Å²) in [5.74, 6) is -1.02. The Bertz CT molecular complexity index is 669. The Morgan fingerprint density at radius 3 is 2.67 bits per heavy atom. The van der Waals surface area contributed by atoms with Crippen LogP contribution in [0.5, 0.6) is 0 Å². The zero-order chi connectivity index (χ0) is 15.6. The number of aromatic nitrogens is 3. The fourth-order valence-corrected chi connectivity index (χ4v) is 1.81. The Hall–Kier alpha value is -2.09. The van der Waals surface area contributed by atoms with Crippen molar-refractivity contribution in [2.45, 2.75) is 13.1 Å². The van der Waals surface area contributed by atoms with Gasteiger partial charge in [-0.15, -0.1) is 5.10 Å². The molecular weight excluding hydrogens is 309 g/mol. The van der Waals surface area contributed by atoms with Crippen molar-refractivity contribution < 1.29 is 18.0 Å². The lowest BCUT2D eigenvalue weighted by Crippen LogP contribution is -2.34. The van der Waals surface area contributed by atoms with Crippen LogP contribution in [0, 0.1) is 6.92 Å². The number of nitrogens with one attached hydrogen (secondary N) is 1. The highest BCUT2D eigenvalue weighted by atomic mass is 35.5. The lowest BCUT2D eigenvalue weighted by atomic mass is 10.3. The Morgan fingerprint density at radius 1 is 1.38 bits per heavy atom. The van der Waals surface area contributed by atoms with E-state index in [1.54, 1.807) is 36.5 Å². The standard InChI is InChI=1S/C12H10ClF3N4O/c1-7-18-10(11(21)17-6-12(14,15)16)19-20(7)9-5-3-2-4-8(9)13/h2-5H,6H2,1H3,(H,17,21). The summed E-state index contributed by atoms with van der Waals surface area (Å²) in [4.78, 5) is 15.4. The lowest BCUT2D eigenvalue weighted by Gasteiger charge is -2.06. The van der Waals surface area contributed by atoms with Crippen LogP contribution in [-0.4, -0.2) is 33.4 Å². The summed E-state index contributed by atoms with van der Waals surface area (Å²) < 4.78 is 37.5. The van der Waals surface area contributed by atoms with Crippen molar-refractivity contribution in [3.8, 4) is 5.69 Å². The van der Waals surface area contributed by atoms with Gasteiger partial charge in [-0.05, 0) is 19.1 Å². The first-order valence-corrected chi connectivity index (χ1v) is 6.19. The highest BCUT2D eigenvalue weighted by Gasteiger charge is 2.29. The van der Waals surface area contributed by atoms with E-state index in [1.807, 2.05) is 0 Å². The second kappa shape index (κ2) is 5.72. The van der Waals surface area contributed by atoms with Gasteiger partial charge in [0.25, 0.3) is 5.91 Å². The number of alkyl halides is 3. The van der Waals surface area contributed by atoms with E-state index in [4.69, 9.17) is 11.6 Å². The summed E-state index contributed by atoms with van der Waals surface area (Å²) in [6.45, 7) is 0.127. The topological polar surface area (TPSA) is 59.8 Å². The first-order valence-electron chi connectivity index (χ1n) is 5.81. The number of aryl methyl sites for hydroxylation is 1. The molecule has 1 aromatic carbocycles. The number of benzene rings is 1. The fraction of sp³-hybridized carbons (Fsp3) is 0.250. The molecule has 0 unspecified atom stereocenters. The number of amides is 1. The molecule has 0 aliphatic rings. The number of hydrogen-bond donors (Lipinski definition) is 1. The summed E-state index contributed by atoms with van der Waals surface area (Å²) in [5.41, 5.74) is 0.485. The molecule has 0 spiro atoms. The van der Waals surface area contributed by atoms with Crippen LogP contribution < -0.4 is 5.32 Å². The molecule has 0 aliphatic carbocycles. The smallest absolute Gasteiger partial charge is 0.340 e. The number of carbonyl (C=O) groups excluding carboxylic acids is 1. The molecule has 1 amide bonds. The third-order valence-corrected chi connectivity index (χ3v) is 2.82. The van der Waals surface area contributed by atoms with Crippen molar-refractivity contribution in [2.24, 2.45) is 0 Å². The predicted molar refractivity (Wildman–Crippen MR) is 69.5 cm³/mol. The van der Waals surface area contributed by atoms with E-state index in [0.29, 0.717) is 16.5 Å². The van der Waals surface area contributed by atoms with Crippen molar-refractivity contribution in [1.82, 2.24) is 20.1 Å². The van der Waals surface area contributed by atoms with Crippen molar-refractivity contribution in [3.05, 3.63) is 40.9 Å². The summed E-state index contributed by atoms with van der Waals surface area (Å²) >= 11 is 6.00. The molecule has 0 atom stereocenters. The minimum absolute atomic E-state index is 0.334. The molecule has 2 rings (SSSR count). The SMILES string of the molecule is Cc1nc(C(=O)NCC(F)(F)F)nn1-c1ccccc1Cl. The van der Waals surface area contributed by atoms with Gasteiger partial charge in [-0.2, -0.15) is 13.2 Å². The van der Waals surface area contributed by atoms with Gasteiger partial charge in [-0.3, -0.25) is 4.79 Å². The largest absolute Gasteiger partial charge is 0.405 e. The second-order valence-corrected chi connectivity index (χ2v) is 4.55. The Morgan fingerprint density at radius 2 is 2.05 bits per heavy atom. The zero-order valence-corrected chi connectivity index (χ0v) is 11.5. The zero-order valence-electron chi connectivity index (χ0n) is 10.8. The van der Waals surface area contributed by atoms with Gasteiger partial charge in [0.2, 0.25) is 5.82 Å². The molecule has 1 N–H and O–H groups in total. The maximum Gasteiger partial charge on any atom is 0.405 e. The fourth-order valence-electron chi connectivity index (χ4n) is 1.60. The second-order valence-electron chi connectivity index (χ2n) is 4.14. The van der Waals surface area contributed by atoms with Crippen LogP contribution in [0.3, 0.4) is 0 Å². The minimum Gasteiger partial charge on any atom is -0.340 e. The summed E-state index contributed by atoms with van der Waals surface area (Å²) in [5, 5.41) is 5.98. The van der Waals surface area contributed by atoms with Gasteiger partial charge in [0, 0.05) is 0 Å². The first kappa shape index (κ1) is 15.3. The summed E-state index contributed by atoms with van der Waals surface area (Å²) in [7, 11) is 0. The maximum atomic E-state index is 12.1. The van der Waals surface area contributed by atoms with E-state index in [0.717, 1.165) is 0 Å². The van der Waals surface area contributed by atoms with Crippen molar-refractivity contribution in [3.63, 3.8) is 0 Å². The number of halogens is 4. The summed E-state index contributed by atoms with van der Waals surface area (Å²) in [6, 6.07) is 6.71. The van der Waals surface area contributed by atoms with Crippen LogP contribution in [0.15, 0.2) is 24.3 Å². The molecule has 9 heteroatoms. The van der Waals surface area contributed by atoms with Crippen LogP contribution in [0.25, 0.3) is 5.69 Å². The van der Waals surface area contributed by atoms with Gasteiger partial charge in [0.1, 0.15) is 12.4 Å². The van der Waals surface area contributed by atoms with Crippen LogP contribution >= 0.6 is 11.6 Å². The number of carbonyl (C=O) groups is 1. The van der Waals surface area contributed by atoms with Gasteiger partial charge in [-0.25, -0.2) is 9.67 Å². The first-order chi connectivity index (χ1) is 9.78. The third-order valence-electron chi connectivity index (χ3n) is 2.50. The average molecular weight is 319 g/mol. The van der Waals surface area contributed by atoms with Crippen LogP contribution in [-0.2, 0) is 0 Å². The van der Waals surface area contributed by atoms with E-state index in [9.17, 15) is 18.0 Å². The van der Waals surface area contributed by atoms with Crippen molar-refractivity contribution >= 4 is 17.5 Å². The average Bonchev–Trinajstić information content (AvgIpc) is 2.78. The molecule has 5 nitrogen and oxygen atoms in total. The number of nitrogens with zero attached hydrogens (tertiary/aromatic N) is 3. The molecule has 0 aliphatic heterocycles. The van der Waals surface area contributed by atoms with Gasteiger partial charge in [0.15, 0.2) is 0 Å². The highest BCUT2D eigenvalue weighted by Crippen LogP contribution is 2.20. The van der Waals surface area contributed by atoms with Gasteiger partial charge >= 0.3 is 6.18 Å². The number of hydrogen-bond acceptors (Lipinski definition) is 3. The van der Waals surface area contributed by atoms with Crippen molar-refractivity contribution in [1.29, 1.82) is 0 Å². The van der Waals surface area contributed by atoms with Crippen molar-refractivity contribution in [2.75, 3.05) is 6.54 Å². The predicted octanol–water partition coefficient (Wildman–Crippen LogP) is 2.52. The molecule has 21 heavy (non-hydrogen) atoms. The quantitative estimate of drug-likeness (QED) is 0.946. The lowest BCUT2D eigenvalue weighted by molar-refractivity contribution is -0.123. The molecular formula is C12H10ClF3N4O. The van der Waals surface area contributed by atoms with Crippen LogP contribution in [0.2, 0.25) is 5.02 Å². The van der Waals surface area contributed by atoms with Crippen LogP contribution in [0.4, 0.5) is 13.2 Å². The molecule has 0 fully saturated rings. The minimum atomic E-state index is -4.49. The van der Waals surface area contributed by atoms with E-state index in [2.05, 4.69) is 10.1 Å². The number of para-hydroxylation sites is 1. The summed E-state index contributed by atoms with van der Waals surface area (Å²) in [6.07, 6.45) is -4.49. The molecule has 2 aromatic rings. The molecule has 0 saturated heterocycles. The third kappa shape index (κ3) is 3.72. The van der Waals surface area contributed by atoms with E-state index < -0.39 is 18.6 Å². The normalized spacial score (nSPS) is 11.5. The van der Waals surface area contributed by atoms with E-state index in [1.165, 1.54) is 4.68 Å². The molecule has 0 radical (unpaired) electrons. The van der Waals surface area contributed by atoms with Crippen LogP contribution in [0.1, 0.15) is 16.4 Å². The molecule has 0 saturated carbocycles. The number of rotatable bonds is 3. The molecule has 0 bridgehead atoms. The highest BCUT2D eigenvalue weighted by molar-refractivity contribution is 6.32. The van der Waals surface area contributed by atoms with Gasteiger partial charge in [0.05, 0.1) is 10.7 Å².